The molecule has 2 heterocycles. The van der Waals surface area contributed by atoms with Crippen LogP contribution >= 0.6 is 0 Å². The van der Waals surface area contributed by atoms with Crippen molar-refractivity contribution >= 4 is 5.91 Å². The summed E-state index contributed by atoms with van der Waals surface area (Å²) in [7, 11) is 1.89. The van der Waals surface area contributed by atoms with Gasteiger partial charge in [-0.05, 0) is 18.9 Å². The lowest BCUT2D eigenvalue weighted by Gasteiger charge is -2.29. The lowest BCUT2D eigenvalue weighted by Crippen LogP contribution is -2.44. The summed E-state index contributed by atoms with van der Waals surface area (Å²) in [5.41, 5.74) is 6.84. The standard InChI is InChI=1S/C13H23N5O/c1-17-7-5-12(16-17)2-6-15-13(19)10-18-8-3-11(14)4-9-18/h5,7,11H,2-4,6,8-10,14H2,1H3,(H,15,19). The molecule has 1 fully saturated rings. The van der Waals surface area contributed by atoms with Gasteiger partial charge in [0.2, 0.25) is 5.91 Å². The number of nitrogens with two attached hydrogens (primary N) is 1. The van der Waals surface area contributed by atoms with E-state index in [4.69, 9.17) is 5.73 Å². The molecule has 1 saturated heterocycles. The van der Waals surface area contributed by atoms with Gasteiger partial charge in [0.1, 0.15) is 0 Å². The summed E-state index contributed by atoms with van der Waals surface area (Å²) >= 11 is 0. The number of amides is 1. The van der Waals surface area contributed by atoms with Crippen LogP contribution in [0.4, 0.5) is 0 Å². The Bertz CT molecular complexity index is 409. The number of hydrogen-bond donors (Lipinski definition) is 2. The Kier molecular flexibility index (Phi) is 4.93. The summed E-state index contributed by atoms with van der Waals surface area (Å²) in [5.74, 6) is 0.0893. The predicted molar refractivity (Wildman–Crippen MR) is 73.6 cm³/mol. The zero-order valence-electron chi connectivity index (χ0n) is 11.5. The van der Waals surface area contributed by atoms with Crippen LogP contribution in [-0.2, 0) is 18.3 Å². The molecule has 1 aliphatic heterocycles. The first-order chi connectivity index (χ1) is 9.13. The van der Waals surface area contributed by atoms with E-state index in [2.05, 4.69) is 15.3 Å². The quantitative estimate of drug-likeness (QED) is 0.753. The predicted octanol–water partition coefficient (Wildman–Crippen LogP) is -0.498. The molecular weight excluding hydrogens is 242 g/mol. The van der Waals surface area contributed by atoms with Crippen molar-refractivity contribution in [3.63, 3.8) is 0 Å². The Morgan fingerprint density at radius 2 is 2.26 bits per heavy atom. The fraction of sp³-hybridized carbons (Fsp3) is 0.692. The number of piperidine rings is 1. The molecule has 0 aromatic carbocycles. The van der Waals surface area contributed by atoms with Crippen molar-refractivity contribution in [3.05, 3.63) is 18.0 Å². The van der Waals surface area contributed by atoms with Gasteiger partial charge in [0.15, 0.2) is 0 Å². The van der Waals surface area contributed by atoms with Crippen LogP contribution in [0.15, 0.2) is 12.3 Å². The number of nitrogens with one attached hydrogen (secondary N) is 1. The second kappa shape index (κ2) is 6.68. The summed E-state index contributed by atoms with van der Waals surface area (Å²) in [6.07, 6.45) is 4.66. The van der Waals surface area contributed by atoms with Crippen molar-refractivity contribution in [2.24, 2.45) is 12.8 Å². The van der Waals surface area contributed by atoms with Gasteiger partial charge in [-0.2, -0.15) is 5.10 Å². The number of carbonyl (C=O) groups is 1. The highest BCUT2D eigenvalue weighted by Gasteiger charge is 2.17. The Hall–Kier alpha value is -1.40. The molecular formula is C13H23N5O. The van der Waals surface area contributed by atoms with E-state index in [-0.39, 0.29) is 5.91 Å². The van der Waals surface area contributed by atoms with Gasteiger partial charge in [-0.3, -0.25) is 14.4 Å². The molecule has 0 spiro atoms. The largest absolute Gasteiger partial charge is 0.355 e. The lowest BCUT2D eigenvalue weighted by atomic mass is 10.1. The monoisotopic (exact) mass is 265 g/mol. The second-order valence-electron chi connectivity index (χ2n) is 5.19. The molecule has 6 nitrogen and oxygen atoms in total. The third kappa shape index (κ3) is 4.65. The molecule has 1 aromatic rings. The average molecular weight is 265 g/mol. The Labute approximate surface area is 113 Å². The molecule has 2 rings (SSSR count). The van der Waals surface area contributed by atoms with Gasteiger partial charge in [-0.15, -0.1) is 0 Å². The SMILES string of the molecule is Cn1ccc(CCNC(=O)CN2CCC(N)CC2)n1. The van der Waals surface area contributed by atoms with Crippen molar-refractivity contribution in [2.45, 2.75) is 25.3 Å². The van der Waals surface area contributed by atoms with Crippen molar-refractivity contribution in [2.75, 3.05) is 26.2 Å². The van der Waals surface area contributed by atoms with Crippen molar-refractivity contribution in [1.82, 2.24) is 20.0 Å². The van der Waals surface area contributed by atoms with Crippen LogP contribution in [0.5, 0.6) is 0 Å². The zero-order chi connectivity index (χ0) is 13.7. The van der Waals surface area contributed by atoms with E-state index in [0.29, 0.717) is 19.1 Å². The number of hydrogen-bond acceptors (Lipinski definition) is 4. The van der Waals surface area contributed by atoms with Gasteiger partial charge in [-0.1, -0.05) is 0 Å². The highest BCUT2D eigenvalue weighted by Crippen LogP contribution is 2.07. The molecule has 0 saturated carbocycles. The molecule has 1 amide bonds. The Morgan fingerprint density at radius 3 is 2.89 bits per heavy atom. The van der Waals surface area contributed by atoms with E-state index in [0.717, 1.165) is 38.0 Å². The smallest absolute Gasteiger partial charge is 0.234 e. The number of aryl methyl sites for hydroxylation is 1. The van der Waals surface area contributed by atoms with Crippen molar-refractivity contribution < 1.29 is 4.79 Å². The van der Waals surface area contributed by atoms with Gasteiger partial charge in [-0.25, -0.2) is 0 Å². The molecule has 0 bridgehead atoms. The van der Waals surface area contributed by atoms with Crippen LogP contribution in [0.25, 0.3) is 0 Å². The molecule has 3 N–H and O–H groups in total. The molecule has 1 aliphatic rings. The fourth-order valence-electron chi connectivity index (χ4n) is 2.30. The van der Waals surface area contributed by atoms with Crippen LogP contribution in [0, 0.1) is 0 Å². The molecule has 0 aliphatic carbocycles. The normalized spacial score (nSPS) is 17.6. The summed E-state index contributed by atoms with van der Waals surface area (Å²) in [6, 6.07) is 2.28. The average Bonchev–Trinajstić information content (AvgIpc) is 2.78. The van der Waals surface area contributed by atoms with Crippen LogP contribution in [-0.4, -0.2) is 52.8 Å². The summed E-state index contributed by atoms with van der Waals surface area (Å²) < 4.78 is 1.77. The number of nitrogens with zero attached hydrogens (tertiary/aromatic N) is 3. The molecule has 19 heavy (non-hydrogen) atoms. The van der Waals surface area contributed by atoms with Crippen LogP contribution in [0.2, 0.25) is 0 Å². The molecule has 106 valence electrons. The summed E-state index contributed by atoms with van der Waals surface area (Å²) in [4.78, 5) is 13.9. The maximum atomic E-state index is 11.8. The molecule has 0 radical (unpaired) electrons. The Balaban J connectivity index is 1.62. The van der Waals surface area contributed by atoms with Crippen molar-refractivity contribution in [1.29, 1.82) is 0 Å². The highest BCUT2D eigenvalue weighted by molar-refractivity contribution is 5.78. The van der Waals surface area contributed by atoms with E-state index in [1.165, 1.54) is 0 Å². The van der Waals surface area contributed by atoms with Gasteiger partial charge in [0.05, 0.1) is 12.2 Å². The van der Waals surface area contributed by atoms with Crippen LogP contribution < -0.4 is 11.1 Å². The van der Waals surface area contributed by atoms with Crippen LogP contribution in [0.1, 0.15) is 18.5 Å². The molecule has 0 atom stereocenters. The topological polar surface area (TPSA) is 76.2 Å². The molecule has 6 heteroatoms. The minimum atomic E-state index is 0.0893. The van der Waals surface area contributed by atoms with E-state index >= 15 is 0 Å². The molecule has 1 aromatic heterocycles. The third-order valence-electron chi connectivity index (χ3n) is 3.47. The summed E-state index contributed by atoms with van der Waals surface area (Å²) in [5, 5.41) is 7.21. The van der Waals surface area contributed by atoms with Gasteiger partial charge < -0.3 is 11.1 Å². The van der Waals surface area contributed by atoms with Crippen molar-refractivity contribution in [3.8, 4) is 0 Å². The first-order valence-corrected chi connectivity index (χ1v) is 6.86. The number of carbonyl (C=O) groups excluding carboxylic acids is 1. The summed E-state index contributed by atoms with van der Waals surface area (Å²) in [6.45, 7) is 2.97. The van der Waals surface area contributed by atoms with E-state index in [9.17, 15) is 4.79 Å². The maximum absolute atomic E-state index is 11.8. The zero-order valence-corrected chi connectivity index (χ0v) is 11.5. The van der Waals surface area contributed by atoms with E-state index in [1.807, 2.05) is 19.3 Å². The third-order valence-corrected chi connectivity index (χ3v) is 3.47. The minimum Gasteiger partial charge on any atom is -0.355 e. The minimum absolute atomic E-state index is 0.0893. The molecule has 0 unspecified atom stereocenters. The van der Waals surface area contributed by atoms with Gasteiger partial charge in [0, 0.05) is 45.3 Å². The van der Waals surface area contributed by atoms with Gasteiger partial charge in [0.25, 0.3) is 0 Å². The second-order valence-corrected chi connectivity index (χ2v) is 5.19. The maximum Gasteiger partial charge on any atom is 0.234 e. The van der Waals surface area contributed by atoms with Crippen LogP contribution in [0.3, 0.4) is 0 Å². The first kappa shape index (κ1) is 14.0. The number of aromatic nitrogens is 2. The Morgan fingerprint density at radius 1 is 1.53 bits per heavy atom. The van der Waals surface area contributed by atoms with E-state index < -0.39 is 0 Å². The highest BCUT2D eigenvalue weighted by atomic mass is 16.2. The first-order valence-electron chi connectivity index (χ1n) is 6.86. The number of rotatable bonds is 5. The fourth-order valence-corrected chi connectivity index (χ4v) is 2.30. The lowest BCUT2D eigenvalue weighted by molar-refractivity contribution is -0.122. The van der Waals surface area contributed by atoms with Gasteiger partial charge >= 0.3 is 0 Å². The number of likely N-dealkylation sites (tertiary alicyclic amines) is 1. The van der Waals surface area contributed by atoms with E-state index in [1.54, 1.807) is 4.68 Å².